The smallest absolute Gasteiger partial charge is 0.258 e. The van der Waals surface area contributed by atoms with Crippen molar-refractivity contribution in [3.05, 3.63) is 59.7 Å². The average Bonchev–Trinajstić information content (AvgIpc) is 3.27. The van der Waals surface area contributed by atoms with Crippen molar-refractivity contribution in [2.45, 2.75) is 33.1 Å². The summed E-state index contributed by atoms with van der Waals surface area (Å²) in [6, 6.07) is 10.8. The summed E-state index contributed by atoms with van der Waals surface area (Å²) in [5.74, 6) is -0.787. The predicted octanol–water partition coefficient (Wildman–Crippen LogP) is 3.26. The third-order valence-electron chi connectivity index (χ3n) is 4.85. The topological polar surface area (TPSA) is 80.1 Å². The number of aromatic hydroxyl groups is 1. The summed E-state index contributed by atoms with van der Waals surface area (Å²) in [7, 11) is 0. The number of rotatable bonds is 3. The van der Waals surface area contributed by atoms with Gasteiger partial charge in [0.1, 0.15) is 22.5 Å². The first-order chi connectivity index (χ1) is 13.1. The van der Waals surface area contributed by atoms with Gasteiger partial charge in [0.05, 0.1) is 0 Å². The molecule has 0 aliphatic heterocycles. The van der Waals surface area contributed by atoms with Gasteiger partial charge >= 0.3 is 0 Å². The van der Waals surface area contributed by atoms with Gasteiger partial charge < -0.3 is 5.11 Å². The molecule has 2 amide bonds. The summed E-state index contributed by atoms with van der Waals surface area (Å²) in [6.07, 6.45) is 0. The molecule has 2 N–H and O–H groups in total. The highest BCUT2D eigenvalue weighted by Gasteiger charge is 2.28. The fourth-order valence-electron chi connectivity index (χ4n) is 3.12. The van der Waals surface area contributed by atoms with Gasteiger partial charge in [-0.1, -0.05) is 33.4 Å². The minimum atomic E-state index is -0.494. The second-order valence-electron chi connectivity index (χ2n) is 8.09. The molecule has 144 valence electrons. The molecular formula is C21H22N4O3. The molecule has 0 bridgehead atoms. The van der Waals surface area contributed by atoms with Gasteiger partial charge in [-0.25, -0.2) is 0 Å². The lowest BCUT2D eigenvalue weighted by molar-refractivity contribution is -0.116. The molecule has 0 aliphatic rings. The van der Waals surface area contributed by atoms with Crippen molar-refractivity contribution in [1.29, 1.82) is 0 Å². The van der Waals surface area contributed by atoms with Gasteiger partial charge in [0.2, 0.25) is 0 Å². The second-order valence-corrected chi connectivity index (χ2v) is 8.09. The van der Waals surface area contributed by atoms with Gasteiger partial charge in [-0.2, -0.15) is 0 Å². The Morgan fingerprint density at radius 2 is 1.71 bits per heavy atom. The zero-order valence-corrected chi connectivity index (χ0v) is 16.3. The molecule has 0 unspecified atom stereocenters. The number of nitrogens with zero attached hydrogens (tertiary/aromatic N) is 3. The predicted molar refractivity (Wildman–Crippen MR) is 107 cm³/mol. The highest BCUT2D eigenvalue weighted by molar-refractivity contribution is 6.10. The lowest BCUT2D eigenvalue weighted by atomic mass is 9.87. The zero-order chi connectivity index (χ0) is 20.4. The number of phenols is 1. The summed E-state index contributed by atoms with van der Waals surface area (Å²) in [6.45, 7) is 11.4. The molecule has 2 heterocycles. The Balaban J connectivity index is 1.71. The van der Waals surface area contributed by atoms with Gasteiger partial charge in [0.15, 0.2) is 0 Å². The van der Waals surface area contributed by atoms with Crippen LogP contribution in [-0.4, -0.2) is 31.0 Å². The van der Waals surface area contributed by atoms with Crippen LogP contribution >= 0.6 is 0 Å². The van der Waals surface area contributed by atoms with Gasteiger partial charge in [-0.3, -0.25) is 14.9 Å². The number of phenolic OH excluding ortho intramolecular Hbond substituents is 1. The minimum absolute atomic E-state index is 0.0455. The van der Waals surface area contributed by atoms with Crippen LogP contribution in [0.5, 0.6) is 5.75 Å². The van der Waals surface area contributed by atoms with Crippen LogP contribution in [0, 0.1) is 0 Å². The monoisotopic (exact) mass is 378 g/mol. The van der Waals surface area contributed by atoms with E-state index in [0.29, 0.717) is 11.3 Å². The number of aromatic nitrogens is 3. The number of imide groups is 1. The number of carbonyl (C=O) groups excluding carboxylic acids is 2. The maximum Gasteiger partial charge on any atom is 0.258 e. The number of carbonyl (C=O) groups is 2. The number of fused-ring (bicyclic) bond motifs is 4. The van der Waals surface area contributed by atoms with Crippen LogP contribution in [0.2, 0.25) is 0 Å². The van der Waals surface area contributed by atoms with E-state index < -0.39 is 11.8 Å². The maximum absolute atomic E-state index is 12.3. The number of hydrogen-bond acceptors (Lipinski definition) is 3. The molecule has 0 saturated heterocycles. The highest BCUT2D eigenvalue weighted by atomic mass is 16.3. The number of nitrogens with one attached hydrogen (secondary N) is 1. The van der Waals surface area contributed by atoms with Crippen molar-refractivity contribution in [2.24, 2.45) is 0 Å². The Bertz CT molecular complexity index is 1250. The van der Waals surface area contributed by atoms with Crippen molar-refractivity contribution in [1.82, 2.24) is 19.4 Å². The summed E-state index contributed by atoms with van der Waals surface area (Å²) in [4.78, 5) is 25.8. The Hall–Kier alpha value is -3.48. The van der Waals surface area contributed by atoms with E-state index >= 15 is 0 Å². The number of amides is 2. The van der Waals surface area contributed by atoms with Crippen molar-refractivity contribution < 1.29 is 14.7 Å². The molecule has 0 saturated carbocycles. The lowest BCUT2D eigenvalue weighted by Crippen LogP contribution is -2.30. The molecule has 0 radical (unpaired) electrons. The molecule has 2 aromatic carbocycles. The quantitative estimate of drug-likeness (QED) is 0.537. The van der Waals surface area contributed by atoms with Gasteiger partial charge in [0.25, 0.3) is 11.8 Å². The van der Waals surface area contributed by atoms with Crippen molar-refractivity contribution >= 4 is 22.8 Å². The van der Waals surface area contributed by atoms with Crippen LogP contribution in [0.1, 0.15) is 43.6 Å². The fraction of sp³-hybridized carbons (Fsp3) is 0.238. The van der Waals surface area contributed by atoms with Gasteiger partial charge in [-0.15, -0.1) is 14.1 Å². The molecule has 4 aromatic rings. The summed E-state index contributed by atoms with van der Waals surface area (Å²) < 4.78 is 3.76. The van der Waals surface area contributed by atoms with E-state index in [0.717, 1.165) is 16.6 Å². The van der Waals surface area contributed by atoms with Crippen LogP contribution in [0.15, 0.2) is 48.6 Å². The Labute approximate surface area is 161 Å². The molecule has 28 heavy (non-hydrogen) atoms. The van der Waals surface area contributed by atoms with E-state index in [-0.39, 0.29) is 16.7 Å². The van der Waals surface area contributed by atoms with Crippen LogP contribution in [0.3, 0.4) is 0 Å². The molecule has 0 atom stereocenters. The van der Waals surface area contributed by atoms with Gasteiger partial charge in [-0.05, 0) is 48.2 Å². The highest BCUT2D eigenvalue weighted by Crippen LogP contribution is 2.34. The Morgan fingerprint density at radius 3 is 2.36 bits per heavy atom. The molecule has 0 fully saturated rings. The molecule has 4 rings (SSSR count). The van der Waals surface area contributed by atoms with E-state index in [1.54, 1.807) is 25.1 Å². The summed E-state index contributed by atoms with van der Waals surface area (Å²) in [5, 5.41) is 12.7. The SMILES string of the molecule is C=C(C)C(=O)NC(=O)c1ccc2c(c1)n1n(-c3cc(C(C)(C)C)ccc3O)n21. The largest absolute Gasteiger partial charge is 0.506 e. The maximum atomic E-state index is 12.3. The molecular weight excluding hydrogens is 356 g/mol. The molecule has 7 nitrogen and oxygen atoms in total. The first kappa shape index (κ1) is 17.9. The van der Waals surface area contributed by atoms with Crippen LogP contribution in [0.25, 0.3) is 16.7 Å². The first-order valence-electron chi connectivity index (χ1n) is 8.98. The molecule has 7 heteroatoms. The summed E-state index contributed by atoms with van der Waals surface area (Å²) >= 11 is 0. The third kappa shape index (κ3) is 2.67. The molecule has 0 aliphatic carbocycles. The van der Waals surface area contributed by atoms with E-state index in [2.05, 4.69) is 32.7 Å². The van der Waals surface area contributed by atoms with Crippen molar-refractivity contribution in [2.75, 3.05) is 0 Å². The second kappa shape index (κ2) is 5.76. The summed E-state index contributed by atoms with van der Waals surface area (Å²) in [5.41, 5.74) is 4.14. The van der Waals surface area contributed by atoms with E-state index in [1.807, 2.05) is 32.3 Å². The van der Waals surface area contributed by atoms with Crippen LogP contribution in [0.4, 0.5) is 0 Å². The van der Waals surface area contributed by atoms with Crippen molar-refractivity contribution in [3.63, 3.8) is 0 Å². The fourth-order valence-corrected chi connectivity index (χ4v) is 3.12. The molecule has 2 aromatic heterocycles. The lowest BCUT2D eigenvalue weighted by Gasteiger charge is -2.19. The first-order valence-corrected chi connectivity index (χ1v) is 8.98. The Kier molecular flexibility index (Phi) is 3.68. The minimum Gasteiger partial charge on any atom is -0.506 e. The number of benzene rings is 2. The zero-order valence-electron chi connectivity index (χ0n) is 16.3. The van der Waals surface area contributed by atoms with Gasteiger partial charge in [0, 0.05) is 11.1 Å². The molecule has 0 spiro atoms. The Morgan fingerprint density at radius 1 is 1.04 bits per heavy atom. The number of hydrogen-bond donors (Lipinski definition) is 2. The normalized spacial score (nSPS) is 12.1. The van der Waals surface area contributed by atoms with E-state index in [4.69, 9.17) is 0 Å². The van der Waals surface area contributed by atoms with E-state index in [1.165, 1.54) is 0 Å². The third-order valence-corrected chi connectivity index (χ3v) is 4.85. The average molecular weight is 378 g/mol. The van der Waals surface area contributed by atoms with Crippen molar-refractivity contribution in [3.8, 4) is 11.4 Å². The standard InChI is InChI=1S/C21H22N4O3/c1-12(2)19(27)22-20(28)13-6-8-15-16(10-13)24-23(15)25(24)17-11-14(21(3,4)5)7-9-18(17)26/h6-11,26H,1H2,2-5H3,(H,22,27,28). The van der Waals surface area contributed by atoms with Crippen LogP contribution in [-0.2, 0) is 10.2 Å². The van der Waals surface area contributed by atoms with Crippen LogP contribution < -0.4 is 5.32 Å². The van der Waals surface area contributed by atoms with E-state index in [9.17, 15) is 14.7 Å².